The standard InChI is InChI=1S/C13H13BrN4O3/c1-20-10-6-11(21-2)17-13(16-10)18-12(19)8-4-3-7(14)5-9(8)15/h3-6H,15H2,1-2H3,(H,16,17,18,19). The smallest absolute Gasteiger partial charge is 0.260 e. The minimum Gasteiger partial charge on any atom is -0.481 e. The lowest BCUT2D eigenvalue weighted by Crippen LogP contribution is -2.16. The van der Waals surface area contributed by atoms with E-state index in [-0.39, 0.29) is 17.7 Å². The molecule has 0 spiro atoms. The van der Waals surface area contributed by atoms with Crippen molar-refractivity contribution in [1.82, 2.24) is 9.97 Å². The molecular formula is C13H13BrN4O3. The number of hydrogen-bond acceptors (Lipinski definition) is 6. The Morgan fingerprint density at radius 1 is 1.19 bits per heavy atom. The summed E-state index contributed by atoms with van der Waals surface area (Å²) in [6.07, 6.45) is 0. The molecule has 0 unspecified atom stereocenters. The van der Waals surface area contributed by atoms with E-state index in [4.69, 9.17) is 15.2 Å². The molecule has 7 nitrogen and oxygen atoms in total. The van der Waals surface area contributed by atoms with Gasteiger partial charge in [-0.25, -0.2) is 0 Å². The minimum absolute atomic E-state index is 0.0681. The van der Waals surface area contributed by atoms with Gasteiger partial charge in [0.1, 0.15) is 0 Å². The maximum atomic E-state index is 12.2. The zero-order valence-electron chi connectivity index (χ0n) is 11.4. The van der Waals surface area contributed by atoms with E-state index >= 15 is 0 Å². The summed E-state index contributed by atoms with van der Waals surface area (Å²) in [4.78, 5) is 20.2. The lowest BCUT2D eigenvalue weighted by molar-refractivity contribution is 0.102. The molecule has 2 aromatic rings. The Bertz CT molecular complexity index is 656. The average Bonchev–Trinajstić information content (AvgIpc) is 2.46. The van der Waals surface area contributed by atoms with Crippen molar-refractivity contribution >= 4 is 33.5 Å². The Morgan fingerprint density at radius 2 is 1.81 bits per heavy atom. The number of hydrogen-bond donors (Lipinski definition) is 2. The highest BCUT2D eigenvalue weighted by Crippen LogP contribution is 2.21. The van der Waals surface area contributed by atoms with Gasteiger partial charge in [-0.2, -0.15) is 9.97 Å². The van der Waals surface area contributed by atoms with E-state index < -0.39 is 5.91 Å². The second-order valence-electron chi connectivity index (χ2n) is 3.96. The summed E-state index contributed by atoms with van der Waals surface area (Å²) < 4.78 is 10.8. The molecule has 0 radical (unpaired) electrons. The van der Waals surface area contributed by atoms with Gasteiger partial charge in [-0.05, 0) is 18.2 Å². The van der Waals surface area contributed by atoms with E-state index in [2.05, 4.69) is 31.2 Å². The third-order valence-electron chi connectivity index (χ3n) is 2.58. The first-order valence-corrected chi connectivity index (χ1v) is 6.66. The Balaban J connectivity index is 2.26. The van der Waals surface area contributed by atoms with Crippen LogP contribution in [0.3, 0.4) is 0 Å². The van der Waals surface area contributed by atoms with E-state index in [1.54, 1.807) is 18.2 Å². The van der Waals surface area contributed by atoms with Crippen LogP contribution in [0.4, 0.5) is 11.6 Å². The van der Waals surface area contributed by atoms with Crippen molar-refractivity contribution in [3.05, 3.63) is 34.3 Å². The fourth-order valence-electron chi connectivity index (χ4n) is 1.58. The van der Waals surface area contributed by atoms with Gasteiger partial charge in [0.15, 0.2) is 0 Å². The molecule has 0 atom stereocenters. The summed E-state index contributed by atoms with van der Waals surface area (Å²) >= 11 is 3.28. The number of ether oxygens (including phenoxy) is 2. The molecule has 2 rings (SSSR count). The zero-order chi connectivity index (χ0) is 15.4. The molecule has 0 aliphatic heterocycles. The van der Waals surface area contributed by atoms with Crippen LogP contribution in [0.25, 0.3) is 0 Å². The first-order chi connectivity index (χ1) is 10.0. The van der Waals surface area contributed by atoms with Gasteiger partial charge in [-0.15, -0.1) is 0 Å². The molecule has 0 fully saturated rings. The average molecular weight is 353 g/mol. The Kier molecular flexibility index (Phi) is 4.59. The zero-order valence-corrected chi connectivity index (χ0v) is 13.0. The van der Waals surface area contributed by atoms with Gasteiger partial charge in [0.2, 0.25) is 17.7 Å². The lowest BCUT2D eigenvalue weighted by atomic mass is 10.2. The fraction of sp³-hybridized carbons (Fsp3) is 0.154. The number of nitrogens with one attached hydrogen (secondary N) is 1. The van der Waals surface area contributed by atoms with Crippen molar-refractivity contribution in [3.63, 3.8) is 0 Å². The van der Waals surface area contributed by atoms with Gasteiger partial charge >= 0.3 is 0 Å². The monoisotopic (exact) mass is 352 g/mol. The molecule has 1 aromatic carbocycles. The van der Waals surface area contributed by atoms with Crippen LogP contribution in [-0.2, 0) is 0 Å². The van der Waals surface area contributed by atoms with Crippen LogP contribution in [0, 0.1) is 0 Å². The molecule has 1 heterocycles. The number of carbonyl (C=O) groups is 1. The van der Waals surface area contributed by atoms with Crippen molar-refractivity contribution in [2.45, 2.75) is 0 Å². The molecule has 21 heavy (non-hydrogen) atoms. The van der Waals surface area contributed by atoms with Gasteiger partial charge in [0, 0.05) is 10.2 Å². The Morgan fingerprint density at radius 3 is 2.33 bits per heavy atom. The number of nitrogens with two attached hydrogens (primary N) is 1. The molecule has 110 valence electrons. The highest BCUT2D eigenvalue weighted by atomic mass is 79.9. The van der Waals surface area contributed by atoms with E-state index in [0.717, 1.165) is 4.47 Å². The van der Waals surface area contributed by atoms with E-state index in [1.165, 1.54) is 20.3 Å². The number of nitrogen functional groups attached to an aromatic ring is 1. The number of benzene rings is 1. The van der Waals surface area contributed by atoms with Crippen LogP contribution in [0.15, 0.2) is 28.7 Å². The first-order valence-electron chi connectivity index (χ1n) is 5.87. The molecule has 0 aliphatic rings. The summed E-state index contributed by atoms with van der Waals surface area (Å²) in [5.74, 6) is 0.204. The van der Waals surface area contributed by atoms with Crippen molar-refractivity contribution in [3.8, 4) is 11.8 Å². The molecule has 0 saturated carbocycles. The summed E-state index contributed by atoms with van der Waals surface area (Å²) in [6, 6.07) is 6.47. The lowest BCUT2D eigenvalue weighted by Gasteiger charge is -2.09. The van der Waals surface area contributed by atoms with Crippen LogP contribution in [-0.4, -0.2) is 30.1 Å². The molecule has 0 aliphatic carbocycles. The maximum absolute atomic E-state index is 12.2. The summed E-state index contributed by atoms with van der Waals surface area (Å²) in [5, 5.41) is 2.55. The van der Waals surface area contributed by atoms with Gasteiger partial charge in [0.25, 0.3) is 5.91 Å². The number of anilines is 2. The van der Waals surface area contributed by atoms with E-state index in [0.29, 0.717) is 11.3 Å². The largest absolute Gasteiger partial charge is 0.481 e. The fourth-order valence-corrected chi connectivity index (χ4v) is 1.96. The van der Waals surface area contributed by atoms with Gasteiger partial charge in [-0.3, -0.25) is 10.1 Å². The van der Waals surface area contributed by atoms with Gasteiger partial charge < -0.3 is 15.2 Å². The predicted octanol–water partition coefficient (Wildman–Crippen LogP) is 2.09. The highest BCUT2D eigenvalue weighted by Gasteiger charge is 2.13. The molecule has 1 amide bonds. The van der Waals surface area contributed by atoms with Crippen LogP contribution in [0.1, 0.15) is 10.4 Å². The molecule has 8 heteroatoms. The van der Waals surface area contributed by atoms with Gasteiger partial charge in [-0.1, -0.05) is 15.9 Å². The van der Waals surface area contributed by atoms with Crippen LogP contribution >= 0.6 is 15.9 Å². The Labute approximate surface area is 129 Å². The third kappa shape index (κ3) is 3.60. The minimum atomic E-state index is -0.421. The number of nitrogens with zero attached hydrogens (tertiary/aromatic N) is 2. The molecule has 0 bridgehead atoms. The van der Waals surface area contributed by atoms with E-state index in [1.807, 2.05) is 0 Å². The predicted molar refractivity (Wildman–Crippen MR) is 81.6 cm³/mol. The van der Waals surface area contributed by atoms with Crippen molar-refractivity contribution in [1.29, 1.82) is 0 Å². The number of methoxy groups -OCH3 is 2. The van der Waals surface area contributed by atoms with Crippen molar-refractivity contribution < 1.29 is 14.3 Å². The van der Waals surface area contributed by atoms with Crippen LogP contribution < -0.4 is 20.5 Å². The van der Waals surface area contributed by atoms with E-state index in [9.17, 15) is 4.79 Å². The summed E-state index contributed by atoms with van der Waals surface area (Å²) in [7, 11) is 2.92. The topological polar surface area (TPSA) is 99.4 Å². The number of amides is 1. The normalized spacial score (nSPS) is 10.0. The molecular weight excluding hydrogens is 340 g/mol. The molecule has 0 saturated heterocycles. The summed E-state index contributed by atoms with van der Waals surface area (Å²) in [6.45, 7) is 0. The Hall–Kier alpha value is -2.35. The number of carbonyl (C=O) groups excluding carboxylic acids is 1. The first kappa shape index (κ1) is 15.0. The maximum Gasteiger partial charge on any atom is 0.260 e. The van der Waals surface area contributed by atoms with Crippen molar-refractivity contribution in [2.75, 3.05) is 25.3 Å². The van der Waals surface area contributed by atoms with Crippen molar-refractivity contribution in [2.24, 2.45) is 0 Å². The number of halogens is 1. The van der Waals surface area contributed by atoms with Crippen LogP contribution in [0.2, 0.25) is 0 Å². The molecule has 3 N–H and O–H groups in total. The highest BCUT2D eigenvalue weighted by molar-refractivity contribution is 9.10. The van der Waals surface area contributed by atoms with Crippen LogP contribution in [0.5, 0.6) is 11.8 Å². The number of rotatable bonds is 4. The second kappa shape index (κ2) is 6.40. The second-order valence-corrected chi connectivity index (χ2v) is 4.88. The third-order valence-corrected chi connectivity index (χ3v) is 3.07. The SMILES string of the molecule is COc1cc(OC)nc(NC(=O)c2ccc(Br)cc2N)n1. The molecule has 1 aromatic heterocycles. The number of aromatic nitrogens is 2. The quantitative estimate of drug-likeness (QED) is 0.817. The van der Waals surface area contributed by atoms with Gasteiger partial charge in [0.05, 0.1) is 25.8 Å². The summed E-state index contributed by atoms with van der Waals surface area (Å²) in [5.41, 5.74) is 6.47.